The van der Waals surface area contributed by atoms with Crippen molar-refractivity contribution in [2.45, 2.75) is 0 Å². The van der Waals surface area contributed by atoms with E-state index in [0.29, 0.717) is 12.6 Å². The maximum atomic E-state index is 10.9. The van der Waals surface area contributed by atoms with Crippen molar-refractivity contribution >= 4 is 30.5 Å². The van der Waals surface area contributed by atoms with Gasteiger partial charge in [-0.1, -0.05) is 0 Å². The first kappa shape index (κ1) is 22.6. The molecular formula is C14H23N3O8. The van der Waals surface area contributed by atoms with Gasteiger partial charge in [0.25, 0.3) is 0 Å². The molecule has 142 valence electrons. The Hall–Kier alpha value is -2.37. The van der Waals surface area contributed by atoms with E-state index in [-0.39, 0.29) is 58.9 Å². The number of rotatable bonds is 16. The molecule has 11 nitrogen and oxygen atoms in total. The second-order valence-corrected chi connectivity index (χ2v) is 5.26. The average Bonchev–Trinajstić information content (AvgIpc) is 2.48. The normalized spacial score (nSPS) is 11.0. The van der Waals surface area contributed by atoms with Crippen molar-refractivity contribution in [1.29, 1.82) is 0 Å². The Morgan fingerprint density at radius 1 is 0.600 bits per heavy atom. The van der Waals surface area contributed by atoms with Gasteiger partial charge in [-0.15, -0.1) is 0 Å². The number of aldehydes is 2. The molecule has 0 aromatic heterocycles. The molecule has 0 saturated heterocycles. The summed E-state index contributed by atoms with van der Waals surface area (Å²) in [6.45, 7) is -0.552. The van der Waals surface area contributed by atoms with Crippen LogP contribution < -0.4 is 0 Å². The molecule has 0 unspecified atom stereocenters. The van der Waals surface area contributed by atoms with Gasteiger partial charge in [-0.05, 0) is 0 Å². The van der Waals surface area contributed by atoms with Gasteiger partial charge in [0.1, 0.15) is 12.6 Å². The molecule has 3 N–H and O–H groups in total. The number of carbonyl (C=O) groups excluding carboxylic acids is 2. The molecule has 0 saturated carbocycles. The number of hydrogen-bond acceptors (Lipinski definition) is 8. The summed E-state index contributed by atoms with van der Waals surface area (Å²) in [5, 5.41) is 26.5. The fourth-order valence-electron chi connectivity index (χ4n) is 2.09. The highest BCUT2D eigenvalue weighted by Gasteiger charge is 2.16. The van der Waals surface area contributed by atoms with Crippen LogP contribution in [0.25, 0.3) is 0 Å². The fraction of sp³-hybridized carbons (Fsp3) is 0.643. The quantitative estimate of drug-likeness (QED) is 0.251. The molecule has 25 heavy (non-hydrogen) atoms. The van der Waals surface area contributed by atoms with Crippen LogP contribution in [0.5, 0.6) is 0 Å². The van der Waals surface area contributed by atoms with Crippen LogP contribution in [0.1, 0.15) is 0 Å². The minimum absolute atomic E-state index is 0.0938. The molecule has 0 aliphatic carbocycles. The summed E-state index contributed by atoms with van der Waals surface area (Å²) in [7, 11) is 0. The number of carboxylic acid groups (broad SMARTS) is 3. The van der Waals surface area contributed by atoms with E-state index < -0.39 is 17.9 Å². The van der Waals surface area contributed by atoms with Crippen LogP contribution in [-0.4, -0.2) is 119 Å². The molecule has 0 aliphatic rings. The predicted molar refractivity (Wildman–Crippen MR) is 84.4 cm³/mol. The topological polar surface area (TPSA) is 156 Å². The van der Waals surface area contributed by atoms with Crippen LogP contribution in [0.4, 0.5) is 0 Å². The summed E-state index contributed by atoms with van der Waals surface area (Å²) in [6, 6.07) is 0. The smallest absolute Gasteiger partial charge is 0.317 e. The van der Waals surface area contributed by atoms with Crippen LogP contribution in [0.15, 0.2) is 0 Å². The summed E-state index contributed by atoms with van der Waals surface area (Å²) in [5.41, 5.74) is 0. The van der Waals surface area contributed by atoms with Gasteiger partial charge in [0, 0.05) is 26.2 Å². The van der Waals surface area contributed by atoms with E-state index in [1.54, 1.807) is 0 Å². The van der Waals surface area contributed by atoms with Gasteiger partial charge in [-0.3, -0.25) is 29.1 Å². The van der Waals surface area contributed by atoms with Gasteiger partial charge in [0.2, 0.25) is 0 Å². The maximum absolute atomic E-state index is 10.9. The summed E-state index contributed by atoms with van der Waals surface area (Å²) in [6.07, 6.45) is 1.12. The molecule has 0 aromatic rings. The van der Waals surface area contributed by atoms with Crippen molar-refractivity contribution in [3.63, 3.8) is 0 Å². The molecular weight excluding hydrogens is 338 g/mol. The third-order valence-electron chi connectivity index (χ3n) is 3.21. The number of hydrogen-bond donors (Lipinski definition) is 3. The highest BCUT2D eigenvalue weighted by atomic mass is 16.4. The van der Waals surface area contributed by atoms with E-state index in [1.807, 2.05) is 0 Å². The van der Waals surface area contributed by atoms with Crippen LogP contribution in [0.2, 0.25) is 0 Å². The maximum Gasteiger partial charge on any atom is 0.317 e. The van der Waals surface area contributed by atoms with E-state index in [0.717, 1.165) is 0 Å². The molecule has 0 fully saturated rings. The minimum atomic E-state index is -1.11. The highest BCUT2D eigenvalue weighted by molar-refractivity contribution is 5.70. The van der Waals surface area contributed by atoms with Crippen LogP contribution in [0, 0.1) is 0 Å². The predicted octanol–water partition coefficient (Wildman–Crippen LogP) is -2.46. The third-order valence-corrected chi connectivity index (χ3v) is 3.21. The Balaban J connectivity index is 4.67. The molecule has 0 aromatic carbocycles. The zero-order valence-corrected chi connectivity index (χ0v) is 13.7. The van der Waals surface area contributed by atoms with Crippen molar-refractivity contribution in [3.05, 3.63) is 0 Å². The summed E-state index contributed by atoms with van der Waals surface area (Å²) in [5.74, 6) is -3.31. The first-order chi connectivity index (χ1) is 11.8. The zero-order chi connectivity index (χ0) is 19.2. The van der Waals surface area contributed by atoms with Crippen molar-refractivity contribution < 1.29 is 39.3 Å². The summed E-state index contributed by atoms with van der Waals surface area (Å²) in [4.78, 5) is 57.7. The summed E-state index contributed by atoms with van der Waals surface area (Å²) >= 11 is 0. The zero-order valence-electron chi connectivity index (χ0n) is 13.7. The van der Waals surface area contributed by atoms with Crippen molar-refractivity contribution in [2.75, 3.05) is 58.9 Å². The monoisotopic (exact) mass is 361 g/mol. The second-order valence-electron chi connectivity index (χ2n) is 5.26. The summed E-state index contributed by atoms with van der Waals surface area (Å²) < 4.78 is 0. The Labute approximate surface area is 144 Å². The van der Waals surface area contributed by atoms with Crippen molar-refractivity contribution in [2.24, 2.45) is 0 Å². The lowest BCUT2D eigenvalue weighted by Crippen LogP contribution is -2.44. The van der Waals surface area contributed by atoms with Gasteiger partial charge in [0.05, 0.1) is 32.7 Å². The van der Waals surface area contributed by atoms with Crippen LogP contribution >= 0.6 is 0 Å². The lowest BCUT2D eigenvalue weighted by Gasteiger charge is -2.26. The lowest BCUT2D eigenvalue weighted by molar-refractivity contribution is -0.140. The Morgan fingerprint density at radius 3 is 1.16 bits per heavy atom. The van der Waals surface area contributed by atoms with E-state index in [9.17, 15) is 24.0 Å². The molecule has 0 radical (unpaired) electrons. The van der Waals surface area contributed by atoms with Gasteiger partial charge < -0.3 is 24.9 Å². The molecule has 11 heteroatoms. The van der Waals surface area contributed by atoms with Crippen LogP contribution in [0.3, 0.4) is 0 Å². The SMILES string of the molecule is O=CCN(CCN(CCN(CC=O)CC(=O)O)CC(=O)O)CC(=O)O. The standard InChI is InChI=1S/C14H23N3O8/c18-7-5-16(10-13(22)23)3-1-15(9-12(20)21)2-4-17(6-8-19)11-14(24)25/h7-8H,1-6,9-11H2,(H,20,21)(H,22,23)(H,24,25). The first-order valence-electron chi connectivity index (χ1n) is 7.48. The Bertz CT molecular complexity index is 437. The first-order valence-corrected chi connectivity index (χ1v) is 7.48. The molecule has 0 rings (SSSR count). The molecule has 0 atom stereocenters. The molecule has 0 bridgehead atoms. The van der Waals surface area contributed by atoms with E-state index in [4.69, 9.17) is 15.3 Å². The van der Waals surface area contributed by atoms with E-state index in [1.165, 1.54) is 14.7 Å². The average molecular weight is 361 g/mol. The van der Waals surface area contributed by atoms with E-state index >= 15 is 0 Å². The van der Waals surface area contributed by atoms with Crippen LogP contribution in [-0.2, 0) is 24.0 Å². The van der Waals surface area contributed by atoms with Gasteiger partial charge in [-0.25, -0.2) is 0 Å². The minimum Gasteiger partial charge on any atom is -0.480 e. The Morgan fingerprint density at radius 2 is 0.880 bits per heavy atom. The number of nitrogens with zero attached hydrogens (tertiary/aromatic N) is 3. The number of carboxylic acids is 3. The van der Waals surface area contributed by atoms with Gasteiger partial charge in [-0.2, -0.15) is 0 Å². The number of aliphatic carboxylic acids is 3. The van der Waals surface area contributed by atoms with Crippen molar-refractivity contribution in [1.82, 2.24) is 14.7 Å². The van der Waals surface area contributed by atoms with E-state index in [2.05, 4.69) is 0 Å². The second kappa shape index (κ2) is 13.0. The van der Waals surface area contributed by atoms with Gasteiger partial charge in [0.15, 0.2) is 0 Å². The van der Waals surface area contributed by atoms with Gasteiger partial charge >= 0.3 is 17.9 Å². The molecule has 0 heterocycles. The fourth-order valence-corrected chi connectivity index (χ4v) is 2.09. The van der Waals surface area contributed by atoms with Crippen molar-refractivity contribution in [3.8, 4) is 0 Å². The highest BCUT2D eigenvalue weighted by Crippen LogP contribution is 1.96. The Kier molecular flexibility index (Phi) is 11.8. The lowest BCUT2D eigenvalue weighted by atomic mass is 10.3. The molecule has 0 aliphatic heterocycles. The number of carbonyl (C=O) groups is 5. The third kappa shape index (κ3) is 12.7. The molecule has 0 amide bonds. The molecule has 0 spiro atoms. The largest absolute Gasteiger partial charge is 0.480 e.